The number of hydrogen-bond donors (Lipinski definition) is 1. The van der Waals surface area contributed by atoms with E-state index < -0.39 is 0 Å². The second-order valence-electron chi connectivity index (χ2n) is 6.02. The summed E-state index contributed by atoms with van der Waals surface area (Å²) < 4.78 is 0. The topological polar surface area (TPSA) is 71.3 Å². The van der Waals surface area contributed by atoms with Gasteiger partial charge in [-0.05, 0) is 39.2 Å². The first kappa shape index (κ1) is 21.9. The van der Waals surface area contributed by atoms with Gasteiger partial charge in [0.25, 0.3) is 5.69 Å². The molecular formula is C18H22Cl2N4O2. The minimum Gasteiger partial charge on any atom is -0.384 e. The van der Waals surface area contributed by atoms with Crippen molar-refractivity contribution < 1.29 is 4.92 Å². The van der Waals surface area contributed by atoms with Crippen LogP contribution >= 0.6 is 24.8 Å². The molecule has 3 rings (SSSR count). The highest BCUT2D eigenvalue weighted by molar-refractivity contribution is 6.11. The number of aromatic nitrogens is 1. The fourth-order valence-electron chi connectivity index (χ4n) is 2.87. The number of para-hydroxylation sites is 1. The first-order chi connectivity index (χ1) is 11.6. The highest BCUT2D eigenvalue weighted by Gasteiger charge is 2.18. The zero-order valence-electron chi connectivity index (χ0n) is 14.6. The minimum atomic E-state index is -0.343. The van der Waals surface area contributed by atoms with Gasteiger partial charge >= 0.3 is 0 Å². The van der Waals surface area contributed by atoms with E-state index in [2.05, 4.69) is 15.2 Å². The Hall–Kier alpha value is -2.15. The van der Waals surface area contributed by atoms with Crippen molar-refractivity contribution in [2.75, 3.05) is 32.5 Å². The third-order valence-electron chi connectivity index (χ3n) is 3.97. The minimum absolute atomic E-state index is 0. The SMILES string of the molecule is CN(C)CCCNc1c2ccccc2nc2cccc([N+](=O)[O-])c12.Cl.Cl. The molecule has 0 saturated heterocycles. The van der Waals surface area contributed by atoms with Crippen molar-refractivity contribution >= 4 is 58.0 Å². The fraction of sp³-hybridized carbons (Fsp3) is 0.278. The number of nitro benzene ring substituents is 1. The molecule has 0 radical (unpaired) electrons. The van der Waals surface area contributed by atoms with Crippen LogP contribution in [-0.2, 0) is 0 Å². The van der Waals surface area contributed by atoms with Crippen LogP contribution in [0.5, 0.6) is 0 Å². The van der Waals surface area contributed by atoms with E-state index in [1.165, 1.54) is 6.07 Å². The Labute approximate surface area is 164 Å². The smallest absolute Gasteiger partial charge is 0.280 e. The molecule has 8 heteroatoms. The number of fused-ring (bicyclic) bond motifs is 2. The Bertz CT molecular complexity index is 903. The molecule has 0 aliphatic heterocycles. The van der Waals surface area contributed by atoms with E-state index in [9.17, 15) is 10.1 Å². The van der Waals surface area contributed by atoms with Gasteiger partial charge in [0, 0.05) is 18.0 Å². The van der Waals surface area contributed by atoms with Gasteiger partial charge in [-0.2, -0.15) is 0 Å². The van der Waals surface area contributed by atoms with Gasteiger partial charge in [-0.15, -0.1) is 24.8 Å². The maximum Gasteiger partial charge on any atom is 0.280 e. The van der Waals surface area contributed by atoms with Crippen LogP contribution in [0.1, 0.15) is 6.42 Å². The average Bonchev–Trinajstić information content (AvgIpc) is 2.56. The molecule has 0 amide bonds. The molecule has 0 fully saturated rings. The van der Waals surface area contributed by atoms with E-state index in [4.69, 9.17) is 0 Å². The van der Waals surface area contributed by atoms with Crippen LogP contribution < -0.4 is 5.32 Å². The van der Waals surface area contributed by atoms with Crippen molar-refractivity contribution in [1.29, 1.82) is 0 Å². The van der Waals surface area contributed by atoms with E-state index >= 15 is 0 Å². The zero-order chi connectivity index (χ0) is 17.1. The standard InChI is InChI=1S/C18H20N4O2.2ClH/c1-21(2)12-6-11-19-18-13-7-3-4-8-14(13)20-15-9-5-10-16(17(15)18)22(23)24;;/h3-5,7-10H,6,11-12H2,1-2H3,(H,19,20);2*1H. The van der Waals surface area contributed by atoms with Crippen LogP contribution in [0.4, 0.5) is 11.4 Å². The quantitative estimate of drug-likeness (QED) is 0.287. The molecule has 2 aromatic carbocycles. The number of pyridine rings is 1. The van der Waals surface area contributed by atoms with Gasteiger partial charge in [0.05, 0.1) is 21.6 Å². The maximum absolute atomic E-state index is 11.5. The number of rotatable bonds is 6. The molecule has 0 aliphatic rings. The van der Waals surface area contributed by atoms with E-state index in [1.54, 1.807) is 6.07 Å². The molecule has 26 heavy (non-hydrogen) atoms. The van der Waals surface area contributed by atoms with Crippen molar-refractivity contribution in [3.63, 3.8) is 0 Å². The van der Waals surface area contributed by atoms with Gasteiger partial charge in [0.15, 0.2) is 0 Å². The summed E-state index contributed by atoms with van der Waals surface area (Å²) in [6.45, 7) is 1.70. The number of non-ortho nitro benzene ring substituents is 1. The Morgan fingerprint density at radius 3 is 2.46 bits per heavy atom. The van der Waals surface area contributed by atoms with Gasteiger partial charge in [-0.25, -0.2) is 4.98 Å². The number of benzene rings is 2. The van der Waals surface area contributed by atoms with Crippen molar-refractivity contribution in [1.82, 2.24) is 9.88 Å². The molecule has 0 aliphatic carbocycles. The monoisotopic (exact) mass is 396 g/mol. The zero-order valence-corrected chi connectivity index (χ0v) is 16.3. The van der Waals surface area contributed by atoms with Crippen molar-refractivity contribution in [3.8, 4) is 0 Å². The Morgan fingerprint density at radius 1 is 1.08 bits per heavy atom. The summed E-state index contributed by atoms with van der Waals surface area (Å²) in [5.41, 5.74) is 2.35. The van der Waals surface area contributed by atoms with Crippen molar-refractivity contribution in [2.45, 2.75) is 6.42 Å². The summed E-state index contributed by atoms with van der Waals surface area (Å²) >= 11 is 0. The summed E-state index contributed by atoms with van der Waals surface area (Å²) in [4.78, 5) is 17.8. The first-order valence-electron chi connectivity index (χ1n) is 7.92. The average molecular weight is 397 g/mol. The second-order valence-corrected chi connectivity index (χ2v) is 6.02. The number of nitrogens with one attached hydrogen (secondary N) is 1. The number of hydrogen-bond acceptors (Lipinski definition) is 5. The van der Waals surface area contributed by atoms with Gasteiger partial charge in [-0.1, -0.05) is 24.3 Å². The third-order valence-corrected chi connectivity index (χ3v) is 3.97. The normalized spacial score (nSPS) is 10.4. The van der Waals surface area contributed by atoms with Gasteiger partial charge in [-0.3, -0.25) is 10.1 Å². The number of halogens is 2. The molecule has 1 N–H and O–H groups in total. The lowest BCUT2D eigenvalue weighted by Crippen LogP contribution is -2.16. The van der Waals surface area contributed by atoms with Gasteiger partial charge in [0.2, 0.25) is 0 Å². The van der Waals surface area contributed by atoms with Gasteiger partial charge in [0.1, 0.15) is 5.39 Å². The summed E-state index contributed by atoms with van der Waals surface area (Å²) in [7, 11) is 4.06. The van der Waals surface area contributed by atoms with E-state index in [0.29, 0.717) is 10.9 Å². The summed E-state index contributed by atoms with van der Waals surface area (Å²) in [5.74, 6) is 0. The van der Waals surface area contributed by atoms with E-state index in [1.807, 2.05) is 44.4 Å². The lowest BCUT2D eigenvalue weighted by Gasteiger charge is -2.14. The van der Waals surface area contributed by atoms with E-state index in [0.717, 1.165) is 36.1 Å². The Kier molecular flexibility index (Phi) is 8.02. The molecule has 0 spiro atoms. The predicted molar refractivity (Wildman–Crippen MR) is 112 cm³/mol. The molecule has 6 nitrogen and oxygen atoms in total. The largest absolute Gasteiger partial charge is 0.384 e. The molecule has 3 aromatic rings. The van der Waals surface area contributed by atoms with Gasteiger partial charge < -0.3 is 10.2 Å². The molecule has 0 unspecified atom stereocenters. The molecule has 0 saturated carbocycles. The maximum atomic E-state index is 11.5. The summed E-state index contributed by atoms with van der Waals surface area (Å²) in [6, 6.07) is 12.8. The van der Waals surface area contributed by atoms with E-state index in [-0.39, 0.29) is 35.4 Å². The summed E-state index contributed by atoms with van der Waals surface area (Å²) in [5, 5.41) is 16.4. The second kappa shape index (κ2) is 9.52. The fourth-order valence-corrected chi connectivity index (χ4v) is 2.87. The number of anilines is 1. The molecule has 0 bridgehead atoms. The molecule has 1 heterocycles. The van der Waals surface area contributed by atoms with Crippen LogP contribution in [-0.4, -0.2) is 42.0 Å². The van der Waals surface area contributed by atoms with Crippen molar-refractivity contribution in [2.24, 2.45) is 0 Å². The summed E-state index contributed by atoms with van der Waals surface area (Å²) in [6.07, 6.45) is 0.950. The van der Waals surface area contributed by atoms with Crippen LogP contribution in [0, 0.1) is 10.1 Å². The molecule has 1 aromatic heterocycles. The molecular weight excluding hydrogens is 375 g/mol. The van der Waals surface area contributed by atoms with Crippen LogP contribution in [0.25, 0.3) is 21.8 Å². The van der Waals surface area contributed by atoms with Crippen LogP contribution in [0.15, 0.2) is 42.5 Å². The Balaban J connectivity index is 0.00000169. The molecule has 140 valence electrons. The van der Waals surface area contributed by atoms with Crippen LogP contribution in [0.3, 0.4) is 0 Å². The first-order valence-corrected chi connectivity index (χ1v) is 7.92. The third kappa shape index (κ3) is 4.52. The lowest BCUT2D eigenvalue weighted by atomic mass is 10.1. The number of nitrogens with zero attached hydrogens (tertiary/aromatic N) is 3. The Morgan fingerprint density at radius 2 is 1.77 bits per heavy atom. The highest BCUT2D eigenvalue weighted by atomic mass is 35.5. The highest BCUT2D eigenvalue weighted by Crippen LogP contribution is 2.36. The lowest BCUT2D eigenvalue weighted by molar-refractivity contribution is -0.383. The predicted octanol–water partition coefficient (Wildman–Crippen LogP) is 4.50. The molecule has 0 atom stereocenters. The van der Waals surface area contributed by atoms with Crippen LogP contribution in [0.2, 0.25) is 0 Å². The number of nitro groups is 1. The van der Waals surface area contributed by atoms with Crippen molar-refractivity contribution in [3.05, 3.63) is 52.6 Å².